The standard InChI is InChI=1S/C20H21ClFN3O.ClH/c21-17-4-1-2-6-19(17)25-12-10-24(11-13-25)9-3-5-18-16-8-7-15(22)14-20(16)26-23-18;/h1-2,4,6-8,14H,3,5,9-13H2;1H. The van der Waals surface area contributed by atoms with E-state index in [2.05, 4.69) is 21.0 Å². The Morgan fingerprint density at radius 2 is 1.85 bits per heavy atom. The van der Waals surface area contributed by atoms with Crippen molar-refractivity contribution in [3.05, 3.63) is 59.0 Å². The van der Waals surface area contributed by atoms with Gasteiger partial charge in [-0.1, -0.05) is 28.9 Å². The third kappa shape index (κ3) is 4.54. The van der Waals surface area contributed by atoms with E-state index in [1.165, 1.54) is 12.1 Å². The van der Waals surface area contributed by atoms with Crippen LogP contribution in [0.1, 0.15) is 12.1 Å². The molecule has 0 radical (unpaired) electrons. The van der Waals surface area contributed by atoms with Gasteiger partial charge in [-0.05, 0) is 43.7 Å². The first-order valence-electron chi connectivity index (χ1n) is 8.96. The summed E-state index contributed by atoms with van der Waals surface area (Å²) in [4.78, 5) is 4.81. The molecule has 1 fully saturated rings. The number of benzene rings is 2. The molecule has 2 heterocycles. The average molecular weight is 410 g/mol. The van der Waals surface area contributed by atoms with Crippen molar-refractivity contribution < 1.29 is 8.91 Å². The maximum atomic E-state index is 13.2. The number of hydrogen-bond acceptors (Lipinski definition) is 4. The molecule has 1 aliphatic heterocycles. The highest BCUT2D eigenvalue weighted by Gasteiger charge is 2.18. The molecule has 144 valence electrons. The Balaban J connectivity index is 0.00000210. The zero-order valence-corrected chi connectivity index (χ0v) is 16.5. The van der Waals surface area contributed by atoms with Crippen molar-refractivity contribution in [2.75, 3.05) is 37.6 Å². The lowest BCUT2D eigenvalue weighted by Gasteiger charge is -2.36. The minimum absolute atomic E-state index is 0. The van der Waals surface area contributed by atoms with E-state index in [0.29, 0.717) is 5.58 Å². The van der Waals surface area contributed by atoms with E-state index < -0.39 is 0 Å². The average Bonchev–Trinajstić information content (AvgIpc) is 3.05. The van der Waals surface area contributed by atoms with E-state index in [-0.39, 0.29) is 18.2 Å². The number of aromatic nitrogens is 1. The van der Waals surface area contributed by atoms with Crippen molar-refractivity contribution >= 4 is 40.7 Å². The van der Waals surface area contributed by atoms with Gasteiger partial charge in [0.25, 0.3) is 0 Å². The molecular weight excluding hydrogens is 388 g/mol. The fourth-order valence-corrected chi connectivity index (χ4v) is 3.79. The molecule has 0 atom stereocenters. The largest absolute Gasteiger partial charge is 0.368 e. The van der Waals surface area contributed by atoms with E-state index in [4.69, 9.17) is 16.1 Å². The molecule has 1 saturated heterocycles. The fourth-order valence-electron chi connectivity index (χ4n) is 3.53. The second-order valence-corrected chi connectivity index (χ2v) is 7.06. The summed E-state index contributed by atoms with van der Waals surface area (Å²) in [6, 6.07) is 12.6. The lowest BCUT2D eigenvalue weighted by Crippen LogP contribution is -2.46. The highest BCUT2D eigenvalue weighted by Crippen LogP contribution is 2.26. The molecule has 1 aliphatic rings. The number of hydrogen-bond donors (Lipinski definition) is 0. The Bertz CT molecular complexity index is 894. The van der Waals surface area contributed by atoms with Gasteiger partial charge in [-0.25, -0.2) is 4.39 Å². The third-order valence-electron chi connectivity index (χ3n) is 4.96. The van der Waals surface area contributed by atoms with Crippen LogP contribution in [0.3, 0.4) is 0 Å². The highest BCUT2D eigenvalue weighted by molar-refractivity contribution is 6.33. The van der Waals surface area contributed by atoms with Crippen LogP contribution in [0.4, 0.5) is 10.1 Å². The van der Waals surface area contributed by atoms with Crippen LogP contribution in [0.15, 0.2) is 47.0 Å². The van der Waals surface area contributed by atoms with Gasteiger partial charge in [0.05, 0.1) is 16.4 Å². The number of fused-ring (bicyclic) bond motifs is 1. The zero-order valence-electron chi connectivity index (χ0n) is 14.9. The van der Waals surface area contributed by atoms with Crippen LogP contribution in [0.5, 0.6) is 0 Å². The van der Waals surface area contributed by atoms with Crippen LogP contribution in [0, 0.1) is 5.82 Å². The molecule has 27 heavy (non-hydrogen) atoms. The van der Waals surface area contributed by atoms with Crippen molar-refractivity contribution in [2.24, 2.45) is 0 Å². The molecule has 0 saturated carbocycles. The molecule has 4 nitrogen and oxygen atoms in total. The van der Waals surface area contributed by atoms with E-state index in [1.54, 1.807) is 6.07 Å². The van der Waals surface area contributed by atoms with Crippen molar-refractivity contribution in [3.8, 4) is 0 Å². The first-order valence-corrected chi connectivity index (χ1v) is 9.34. The van der Waals surface area contributed by atoms with Gasteiger partial charge in [-0.2, -0.15) is 0 Å². The fraction of sp³-hybridized carbons (Fsp3) is 0.350. The maximum absolute atomic E-state index is 13.2. The highest BCUT2D eigenvalue weighted by atomic mass is 35.5. The number of anilines is 1. The summed E-state index contributed by atoms with van der Waals surface area (Å²) in [5, 5.41) is 5.82. The second-order valence-electron chi connectivity index (χ2n) is 6.65. The quantitative estimate of drug-likeness (QED) is 0.605. The van der Waals surface area contributed by atoms with E-state index in [1.807, 2.05) is 18.2 Å². The normalized spacial score (nSPS) is 15.1. The van der Waals surface area contributed by atoms with Crippen molar-refractivity contribution in [1.82, 2.24) is 10.1 Å². The summed E-state index contributed by atoms with van der Waals surface area (Å²) in [5.41, 5.74) is 2.55. The number of aryl methyl sites for hydroxylation is 1. The van der Waals surface area contributed by atoms with Crippen LogP contribution < -0.4 is 4.90 Å². The summed E-state index contributed by atoms with van der Waals surface area (Å²) in [7, 11) is 0. The number of piperazine rings is 1. The van der Waals surface area contributed by atoms with Gasteiger partial charge in [0.1, 0.15) is 5.82 Å². The van der Waals surface area contributed by atoms with E-state index in [9.17, 15) is 4.39 Å². The van der Waals surface area contributed by atoms with Crippen LogP contribution in [-0.4, -0.2) is 42.8 Å². The summed E-state index contributed by atoms with van der Waals surface area (Å²) in [5.74, 6) is -0.295. The molecule has 1 aromatic heterocycles. The summed E-state index contributed by atoms with van der Waals surface area (Å²) in [6.07, 6.45) is 1.84. The van der Waals surface area contributed by atoms with Gasteiger partial charge < -0.3 is 9.42 Å². The Morgan fingerprint density at radius 3 is 2.63 bits per heavy atom. The summed E-state index contributed by atoms with van der Waals surface area (Å²) in [6.45, 7) is 5.03. The number of nitrogens with zero attached hydrogens (tertiary/aromatic N) is 3. The lowest BCUT2D eigenvalue weighted by molar-refractivity contribution is 0.254. The van der Waals surface area contributed by atoms with Crippen molar-refractivity contribution in [2.45, 2.75) is 12.8 Å². The predicted octanol–water partition coefficient (Wildman–Crippen LogP) is 4.80. The van der Waals surface area contributed by atoms with Crippen LogP contribution in [0.2, 0.25) is 5.02 Å². The monoisotopic (exact) mass is 409 g/mol. The maximum Gasteiger partial charge on any atom is 0.170 e. The zero-order chi connectivity index (χ0) is 17.9. The van der Waals surface area contributed by atoms with Gasteiger partial charge in [0, 0.05) is 37.6 Å². The molecular formula is C20H22Cl2FN3O. The third-order valence-corrected chi connectivity index (χ3v) is 5.28. The molecule has 0 spiro atoms. The molecule has 7 heteroatoms. The van der Waals surface area contributed by atoms with Crippen molar-refractivity contribution in [1.29, 1.82) is 0 Å². The minimum Gasteiger partial charge on any atom is -0.368 e. The molecule has 4 rings (SSSR count). The van der Waals surface area contributed by atoms with E-state index in [0.717, 1.165) is 67.4 Å². The molecule has 0 unspecified atom stereocenters. The molecule has 0 N–H and O–H groups in total. The first-order chi connectivity index (χ1) is 12.7. The van der Waals surface area contributed by atoms with Crippen LogP contribution in [-0.2, 0) is 6.42 Å². The molecule has 0 amide bonds. The number of para-hydroxylation sites is 1. The van der Waals surface area contributed by atoms with Gasteiger partial charge in [0.2, 0.25) is 0 Å². The number of rotatable bonds is 5. The Morgan fingerprint density at radius 1 is 1.07 bits per heavy atom. The predicted molar refractivity (Wildman–Crippen MR) is 110 cm³/mol. The second kappa shape index (κ2) is 8.91. The smallest absolute Gasteiger partial charge is 0.170 e. The van der Waals surface area contributed by atoms with Gasteiger partial charge in [0.15, 0.2) is 5.58 Å². The Labute approximate surface area is 169 Å². The Hall–Kier alpha value is -1.82. The minimum atomic E-state index is -0.295. The lowest BCUT2D eigenvalue weighted by atomic mass is 10.1. The first kappa shape index (κ1) is 19.9. The van der Waals surface area contributed by atoms with Crippen LogP contribution >= 0.6 is 24.0 Å². The SMILES string of the molecule is Cl.Fc1ccc2c(CCCN3CCN(c4ccccc4Cl)CC3)noc2c1. The van der Waals surface area contributed by atoms with E-state index >= 15 is 0 Å². The topological polar surface area (TPSA) is 32.5 Å². The summed E-state index contributed by atoms with van der Waals surface area (Å²) >= 11 is 6.30. The van der Waals surface area contributed by atoms with Gasteiger partial charge in [-0.3, -0.25) is 4.90 Å². The summed E-state index contributed by atoms with van der Waals surface area (Å²) < 4.78 is 18.4. The molecule has 2 aromatic carbocycles. The van der Waals surface area contributed by atoms with Gasteiger partial charge in [-0.15, -0.1) is 12.4 Å². The number of halogens is 3. The van der Waals surface area contributed by atoms with Crippen molar-refractivity contribution in [3.63, 3.8) is 0 Å². The molecule has 0 aliphatic carbocycles. The molecule has 3 aromatic rings. The molecule has 0 bridgehead atoms. The van der Waals surface area contributed by atoms with Gasteiger partial charge >= 0.3 is 0 Å². The van der Waals surface area contributed by atoms with Crippen LogP contribution in [0.25, 0.3) is 11.0 Å². The Kier molecular flexibility index (Phi) is 6.58.